The monoisotopic (exact) mass is 307 g/mol. The van der Waals surface area contributed by atoms with Gasteiger partial charge < -0.3 is 10.1 Å². The molecule has 1 N–H and O–H groups in total. The minimum Gasteiger partial charge on any atom is -0.496 e. The van der Waals surface area contributed by atoms with Crippen molar-refractivity contribution in [2.75, 3.05) is 7.11 Å². The zero-order chi connectivity index (χ0) is 15.2. The van der Waals surface area contributed by atoms with Crippen molar-refractivity contribution in [3.05, 3.63) is 64.4 Å². The van der Waals surface area contributed by atoms with Crippen LogP contribution in [0.3, 0.4) is 0 Å². The molecule has 1 atom stereocenters. The van der Waals surface area contributed by atoms with E-state index in [0.717, 1.165) is 23.3 Å². The second-order valence-corrected chi connectivity index (χ2v) is 5.44. The highest BCUT2D eigenvalue weighted by atomic mass is 35.5. The van der Waals surface area contributed by atoms with Crippen LogP contribution in [0.4, 0.5) is 4.39 Å². The van der Waals surface area contributed by atoms with E-state index < -0.39 is 0 Å². The second-order valence-electron chi connectivity index (χ2n) is 5.03. The zero-order valence-corrected chi connectivity index (χ0v) is 13.0. The molecule has 0 saturated carbocycles. The first-order valence-electron chi connectivity index (χ1n) is 6.89. The van der Waals surface area contributed by atoms with Gasteiger partial charge in [-0.2, -0.15) is 0 Å². The topological polar surface area (TPSA) is 21.3 Å². The Kier molecular flexibility index (Phi) is 5.59. The molecule has 0 bridgehead atoms. The Morgan fingerprint density at radius 3 is 2.67 bits per heavy atom. The average Bonchev–Trinajstić information content (AvgIpc) is 2.47. The van der Waals surface area contributed by atoms with Crippen molar-refractivity contribution in [2.45, 2.75) is 25.9 Å². The van der Waals surface area contributed by atoms with Gasteiger partial charge in [0, 0.05) is 17.6 Å². The van der Waals surface area contributed by atoms with Gasteiger partial charge in [-0.15, -0.1) is 0 Å². The van der Waals surface area contributed by atoms with Crippen molar-refractivity contribution in [1.29, 1.82) is 0 Å². The van der Waals surface area contributed by atoms with Crippen molar-refractivity contribution in [3.8, 4) is 5.75 Å². The smallest absolute Gasteiger partial charge is 0.124 e. The summed E-state index contributed by atoms with van der Waals surface area (Å²) in [4.78, 5) is 0. The van der Waals surface area contributed by atoms with Crippen LogP contribution in [-0.2, 0) is 13.0 Å². The molecule has 2 rings (SSSR count). The normalized spacial score (nSPS) is 12.2. The standard InChI is InChI=1S/C17H19ClFNO/c1-12(9-13-5-3-4-6-17(13)21-2)20-11-14-7-8-15(19)10-16(14)18/h3-8,10,12,20H,9,11H2,1-2H3. The second kappa shape index (κ2) is 7.43. The Morgan fingerprint density at radius 1 is 1.19 bits per heavy atom. The van der Waals surface area contributed by atoms with Crippen LogP contribution < -0.4 is 10.1 Å². The SMILES string of the molecule is COc1ccccc1CC(C)NCc1ccc(F)cc1Cl. The van der Waals surface area contributed by atoms with Crippen molar-refractivity contribution in [1.82, 2.24) is 5.32 Å². The van der Waals surface area contributed by atoms with Gasteiger partial charge in [0.05, 0.1) is 7.11 Å². The molecular formula is C17H19ClFNO. The molecule has 0 aliphatic carbocycles. The van der Waals surface area contributed by atoms with E-state index in [0.29, 0.717) is 11.6 Å². The van der Waals surface area contributed by atoms with E-state index in [9.17, 15) is 4.39 Å². The molecule has 0 aliphatic rings. The molecule has 4 heteroatoms. The molecule has 2 aromatic rings. The summed E-state index contributed by atoms with van der Waals surface area (Å²) in [6.45, 7) is 2.71. The number of ether oxygens (including phenoxy) is 1. The third-order valence-corrected chi connectivity index (χ3v) is 3.73. The van der Waals surface area contributed by atoms with Gasteiger partial charge >= 0.3 is 0 Å². The van der Waals surface area contributed by atoms with Crippen molar-refractivity contribution >= 4 is 11.6 Å². The van der Waals surface area contributed by atoms with Gasteiger partial charge in [-0.1, -0.05) is 35.9 Å². The fourth-order valence-electron chi connectivity index (χ4n) is 2.22. The lowest BCUT2D eigenvalue weighted by atomic mass is 10.1. The van der Waals surface area contributed by atoms with E-state index in [-0.39, 0.29) is 11.9 Å². The van der Waals surface area contributed by atoms with Crippen molar-refractivity contribution < 1.29 is 9.13 Å². The maximum atomic E-state index is 13.0. The first kappa shape index (κ1) is 15.8. The summed E-state index contributed by atoms with van der Waals surface area (Å²) in [5.41, 5.74) is 2.05. The van der Waals surface area contributed by atoms with E-state index in [2.05, 4.69) is 18.3 Å². The van der Waals surface area contributed by atoms with E-state index in [4.69, 9.17) is 16.3 Å². The molecule has 21 heavy (non-hydrogen) atoms. The van der Waals surface area contributed by atoms with Crippen LogP contribution in [0.1, 0.15) is 18.1 Å². The fourth-order valence-corrected chi connectivity index (χ4v) is 2.46. The summed E-state index contributed by atoms with van der Waals surface area (Å²) >= 11 is 6.02. The Hall–Kier alpha value is -1.58. The highest BCUT2D eigenvalue weighted by molar-refractivity contribution is 6.31. The number of hydrogen-bond acceptors (Lipinski definition) is 2. The molecule has 112 valence electrons. The van der Waals surface area contributed by atoms with Crippen LogP contribution in [0.5, 0.6) is 5.75 Å². The lowest BCUT2D eigenvalue weighted by Gasteiger charge is -2.16. The molecule has 0 fully saturated rings. The van der Waals surface area contributed by atoms with Crippen LogP contribution in [0, 0.1) is 5.82 Å². The van der Waals surface area contributed by atoms with Gasteiger partial charge in [-0.3, -0.25) is 0 Å². The summed E-state index contributed by atoms with van der Waals surface area (Å²) in [6, 6.07) is 12.7. The van der Waals surface area contributed by atoms with Crippen molar-refractivity contribution in [3.63, 3.8) is 0 Å². The predicted octanol–water partition coefficient (Wildman–Crippen LogP) is 4.21. The number of para-hydroxylation sites is 1. The highest BCUT2D eigenvalue weighted by Gasteiger charge is 2.09. The number of rotatable bonds is 6. The molecule has 0 aliphatic heterocycles. The molecule has 0 spiro atoms. The van der Waals surface area contributed by atoms with E-state index >= 15 is 0 Å². The molecule has 0 heterocycles. The van der Waals surface area contributed by atoms with Crippen LogP contribution in [0.2, 0.25) is 5.02 Å². The number of benzene rings is 2. The van der Waals surface area contributed by atoms with Crippen LogP contribution >= 0.6 is 11.6 Å². The largest absolute Gasteiger partial charge is 0.496 e. The molecule has 1 unspecified atom stereocenters. The van der Waals surface area contributed by atoms with Crippen LogP contribution in [0.25, 0.3) is 0 Å². The minimum atomic E-state index is -0.314. The number of nitrogens with one attached hydrogen (secondary N) is 1. The first-order valence-corrected chi connectivity index (χ1v) is 7.27. The summed E-state index contributed by atoms with van der Waals surface area (Å²) < 4.78 is 18.3. The molecular weight excluding hydrogens is 289 g/mol. The molecule has 0 amide bonds. The van der Waals surface area contributed by atoms with Crippen LogP contribution in [-0.4, -0.2) is 13.2 Å². The Labute approximate surface area is 129 Å². The summed E-state index contributed by atoms with van der Waals surface area (Å²) in [5, 5.41) is 3.85. The third kappa shape index (κ3) is 4.45. The van der Waals surface area contributed by atoms with Gasteiger partial charge in [0.2, 0.25) is 0 Å². The van der Waals surface area contributed by atoms with Gasteiger partial charge in [-0.05, 0) is 42.7 Å². The van der Waals surface area contributed by atoms with Gasteiger partial charge in [-0.25, -0.2) is 4.39 Å². The summed E-state index contributed by atoms with van der Waals surface area (Å²) in [5.74, 6) is 0.580. The maximum absolute atomic E-state index is 13.0. The van der Waals surface area contributed by atoms with E-state index in [1.165, 1.54) is 12.1 Å². The number of hydrogen-bond donors (Lipinski definition) is 1. The van der Waals surface area contributed by atoms with E-state index in [1.807, 2.05) is 18.2 Å². The lowest BCUT2D eigenvalue weighted by molar-refractivity contribution is 0.406. The Balaban J connectivity index is 1.94. The van der Waals surface area contributed by atoms with Crippen LogP contribution in [0.15, 0.2) is 42.5 Å². The summed E-state index contributed by atoms with van der Waals surface area (Å²) in [7, 11) is 1.68. The predicted molar refractivity (Wildman–Crippen MR) is 84.4 cm³/mol. The molecule has 2 aromatic carbocycles. The Bertz CT molecular complexity index is 603. The number of halogens is 2. The van der Waals surface area contributed by atoms with Crippen molar-refractivity contribution in [2.24, 2.45) is 0 Å². The number of methoxy groups -OCH3 is 1. The lowest BCUT2D eigenvalue weighted by Crippen LogP contribution is -2.27. The fraction of sp³-hybridized carbons (Fsp3) is 0.294. The molecule has 0 aromatic heterocycles. The summed E-state index contributed by atoms with van der Waals surface area (Å²) in [6.07, 6.45) is 0.850. The first-order chi connectivity index (χ1) is 10.1. The molecule has 0 radical (unpaired) electrons. The molecule has 0 saturated heterocycles. The third-order valence-electron chi connectivity index (χ3n) is 3.37. The maximum Gasteiger partial charge on any atom is 0.124 e. The Morgan fingerprint density at radius 2 is 1.95 bits per heavy atom. The van der Waals surface area contributed by atoms with Gasteiger partial charge in [0.1, 0.15) is 11.6 Å². The average molecular weight is 308 g/mol. The highest BCUT2D eigenvalue weighted by Crippen LogP contribution is 2.20. The molecule has 2 nitrogen and oxygen atoms in total. The van der Waals surface area contributed by atoms with E-state index in [1.54, 1.807) is 13.2 Å². The minimum absolute atomic E-state index is 0.252. The van der Waals surface area contributed by atoms with Gasteiger partial charge in [0.25, 0.3) is 0 Å². The van der Waals surface area contributed by atoms with Gasteiger partial charge in [0.15, 0.2) is 0 Å². The zero-order valence-electron chi connectivity index (χ0n) is 12.2. The quantitative estimate of drug-likeness (QED) is 0.863.